The Morgan fingerprint density at radius 3 is 2.62 bits per heavy atom. The Bertz CT molecular complexity index is 244. The van der Waals surface area contributed by atoms with Gasteiger partial charge in [0, 0.05) is 6.42 Å². The van der Waals surface area contributed by atoms with Gasteiger partial charge in [-0.3, -0.25) is 4.79 Å². The van der Waals surface area contributed by atoms with Crippen LogP contribution in [0.5, 0.6) is 0 Å². The fourth-order valence-electron chi connectivity index (χ4n) is 1.89. The first-order valence-electron chi connectivity index (χ1n) is 4.54. The van der Waals surface area contributed by atoms with Crippen LogP contribution in [-0.4, -0.2) is 29.1 Å². The van der Waals surface area contributed by atoms with Crippen LogP contribution in [0.4, 0.5) is 0 Å². The molecule has 4 nitrogen and oxygen atoms in total. The molecule has 2 fully saturated rings. The molecular formula is C9H12O4. The van der Waals surface area contributed by atoms with E-state index in [0.29, 0.717) is 12.8 Å². The van der Waals surface area contributed by atoms with Gasteiger partial charge in [-0.15, -0.1) is 0 Å². The Kier molecular flexibility index (Phi) is 1.87. The number of aliphatic carboxylic acids is 1. The number of carboxylic acids is 1. The largest absolute Gasteiger partial charge is 0.479 e. The van der Waals surface area contributed by atoms with Crippen molar-refractivity contribution in [2.75, 3.05) is 6.61 Å². The molecule has 0 amide bonds. The minimum absolute atomic E-state index is 0.0116. The van der Waals surface area contributed by atoms with E-state index in [0.717, 1.165) is 12.8 Å². The van der Waals surface area contributed by atoms with Gasteiger partial charge in [0.2, 0.25) is 0 Å². The van der Waals surface area contributed by atoms with Crippen LogP contribution in [0.1, 0.15) is 25.7 Å². The SMILES string of the molecule is O=C1CCC(C(=O)O)(C2CC2)OC1. The number of rotatable bonds is 2. The highest BCUT2D eigenvalue weighted by Crippen LogP contribution is 2.46. The molecule has 1 aliphatic carbocycles. The van der Waals surface area contributed by atoms with E-state index >= 15 is 0 Å². The second-order valence-corrected chi connectivity index (χ2v) is 3.80. The molecule has 0 spiro atoms. The first-order valence-corrected chi connectivity index (χ1v) is 4.54. The number of carboxylic acid groups (broad SMARTS) is 1. The Labute approximate surface area is 75.9 Å². The number of Topliss-reactive ketones (excluding diaryl/α,β-unsaturated/α-hetero) is 1. The fraction of sp³-hybridized carbons (Fsp3) is 0.778. The van der Waals surface area contributed by atoms with Gasteiger partial charge in [-0.05, 0) is 25.2 Å². The molecule has 1 aliphatic heterocycles. The van der Waals surface area contributed by atoms with E-state index in [1.807, 2.05) is 0 Å². The lowest BCUT2D eigenvalue weighted by molar-refractivity contribution is -0.178. The molecule has 2 aliphatic rings. The summed E-state index contributed by atoms with van der Waals surface area (Å²) in [7, 11) is 0. The molecule has 0 aromatic heterocycles. The smallest absolute Gasteiger partial charge is 0.336 e. The lowest BCUT2D eigenvalue weighted by Crippen LogP contribution is -2.48. The van der Waals surface area contributed by atoms with Gasteiger partial charge in [-0.1, -0.05) is 0 Å². The standard InChI is InChI=1S/C9H12O4/c10-7-3-4-9(8(11)12,13-5-7)6-1-2-6/h6H,1-5H2,(H,11,12). The van der Waals surface area contributed by atoms with Crippen molar-refractivity contribution in [3.8, 4) is 0 Å². The molecule has 72 valence electrons. The molecule has 1 heterocycles. The molecule has 1 saturated heterocycles. The Hall–Kier alpha value is -0.900. The second-order valence-electron chi connectivity index (χ2n) is 3.80. The number of carbonyl (C=O) groups excluding carboxylic acids is 1. The van der Waals surface area contributed by atoms with E-state index in [2.05, 4.69) is 0 Å². The molecular weight excluding hydrogens is 172 g/mol. The van der Waals surface area contributed by atoms with E-state index in [9.17, 15) is 9.59 Å². The van der Waals surface area contributed by atoms with Crippen molar-refractivity contribution in [2.24, 2.45) is 5.92 Å². The molecule has 4 heteroatoms. The summed E-state index contributed by atoms with van der Waals surface area (Å²) in [5, 5.41) is 9.05. The van der Waals surface area contributed by atoms with E-state index in [1.54, 1.807) is 0 Å². The molecule has 13 heavy (non-hydrogen) atoms. The van der Waals surface area contributed by atoms with Crippen molar-refractivity contribution in [1.29, 1.82) is 0 Å². The lowest BCUT2D eigenvalue weighted by atomic mass is 9.88. The van der Waals surface area contributed by atoms with Crippen molar-refractivity contribution in [3.05, 3.63) is 0 Å². The summed E-state index contributed by atoms with van der Waals surface area (Å²) in [4.78, 5) is 21.9. The van der Waals surface area contributed by atoms with Gasteiger partial charge in [0.15, 0.2) is 11.4 Å². The van der Waals surface area contributed by atoms with Gasteiger partial charge < -0.3 is 9.84 Å². The van der Waals surface area contributed by atoms with E-state index in [4.69, 9.17) is 9.84 Å². The van der Waals surface area contributed by atoms with Crippen LogP contribution in [0, 0.1) is 5.92 Å². The molecule has 0 radical (unpaired) electrons. The van der Waals surface area contributed by atoms with Crippen LogP contribution in [0.3, 0.4) is 0 Å². The zero-order valence-electron chi connectivity index (χ0n) is 7.28. The topological polar surface area (TPSA) is 63.6 Å². The number of ether oxygens (including phenoxy) is 1. The fourth-order valence-corrected chi connectivity index (χ4v) is 1.89. The van der Waals surface area contributed by atoms with Crippen LogP contribution in [0.15, 0.2) is 0 Å². The van der Waals surface area contributed by atoms with E-state index < -0.39 is 11.6 Å². The average molecular weight is 184 g/mol. The van der Waals surface area contributed by atoms with Crippen molar-refractivity contribution >= 4 is 11.8 Å². The Morgan fingerprint density at radius 2 is 2.23 bits per heavy atom. The molecule has 1 N–H and O–H groups in total. The number of ketones is 1. The highest BCUT2D eigenvalue weighted by atomic mass is 16.5. The van der Waals surface area contributed by atoms with Crippen molar-refractivity contribution in [1.82, 2.24) is 0 Å². The van der Waals surface area contributed by atoms with Crippen molar-refractivity contribution < 1.29 is 19.4 Å². The van der Waals surface area contributed by atoms with Crippen LogP contribution in [0.25, 0.3) is 0 Å². The third kappa shape index (κ3) is 1.35. The monoisotopic (exact) mass is 184 g/mol. The predicted octanol–water partition coefficient (Wildman–Crippen LogP) is 0.599. The molecule has 0 bridgehead atoms. The molecule has 0 aromatic carbocycles. The predicted molar refractivity (Wildman–Crippen MR) is 43.3 cm³/mol. The summed E-state index contributed by atoms with van der Waals surface area (Å²) in [6, 6.07) is 0. The van der Waals surface area contributed by atoms with Gasteiger partial charge >= 0.3 is 5.97 Å². The molecule has 0 aromatic rings. The normalized spacial score (nSPS) is 34.6. The van der Waals surface area contributed by atoms with Crippen LogP contribution >= 0.6 is 0 Å². The van der Waals surface area contributed by atoms with E-state index in [-0.39, 0.29) is 18.3 Å². The molecule has 1 unspecified atom stereocenters. The Balaban J connectivity index is 2.14. The number of hydrogen-bond acceptors (Lipinski definition) is 3. The average Bonchev–Trinajstić information content (AvgIpc) is 2.88. The maximum absolute atomic E-state index is 11.0. The number of hydrogen-bond donors (Lipinski definition) is 1. The molecule has 1 atom stereocenters. The zero-order chi connectivity index (χ0) is 9.47. The van der Waals surface area contributed by atoms with Crippen LogP contribution in [0.2, 0.25) is 0 Å². The van der Waals surface area contributed by atoms with Gasteiger partial charge in [0.25, 0.3) is 0 Å². The summed E-state index contributed by atoms with van der Waals surface area (Å²) >= 11 is 0. The molecule has 1 saturated carbocycles. The third-order valence-corrected chi connectivity index (χ3v) is 2.86. The highest BCUT2D eigenvalue weighted by molar-refractivity contribution is 5.85. The summed E-state index contributed by atoms with van der Waals surface area (Å²) < 4.78 is 5.21. The summed E-state index contributed by atoms with van der Waals surface area (Å²) in [5.41, 5.74) is -1.03. The van der Waals surface area contributed by atoms with Gasteiger partial charge in [0.05, 0.1) is 0 Å². The minimum atomic E-state index is -1.03. The summed E-state index contributed by atoms with van der Waals surface area (Å²) in [6.45, 7) is -0.0250. The minimum Gasteiger partial charge on any atom is -0.479 e. The maximum Gasteiger partial charge on any atom is 0.336 e. The van der Waals surface area contributed by atoms with Crippen LogP contribution in [-0.2, 0) is 14.3 Å². The third-order valence-electron chi connectivity index (χ3n) is 2.86. The van der Waals surface area contributed by atoms with Gasteiger partial charge in [-0.2, -0.15) is 0 Å². The van der Waals surface area contributed by atoms with Gasteiger partial charge in [-0.25, -0.2) is 4.79 Å². The zero-order valence-corrected chi connectivity index (χ0v) is 7.28. The van der Waals surface area contributed by atoms with Crippen LogP contribution < -0.4 is 0 Å². The maximum atomic E-state index is 11.0. The van der Waals surface area contributed by atoms with E-state index in [1.165, 1.54) is 0 Å². The second kappa shape index (κ2) is 2.80. The first kappa shape index (κ1) is 8.69. The summed E-state index contributed by atoms with van der Waals surface area (Å²) in [6.07, 6.45) is 2.54. The Morgan fingerprint density at radius 1 is 1.54 bits per heavy atom. The summed E-state index contributed by atoms with van der Waals surface area (Å²) in [5.74, 6) is -0.752. The van der Waals surface area contributed by atoms with Gasteiger partial charge in [0.1, 0.15) is 6.61 Å². The lowest BCUT2D eigenvalue weighted by Gasteiger charge is -2.32. The van der Waals surface area contributed by atoms with Crippen molar-refractivity contribution in [3.63, 3.8) is 0 Å². The number of carbonyl (C=O) groups is 2. The molecule has 2 rings (SSSR count). The first-order chi connectivity index (χ1) is 6.15. The highest BCUT2D eigenvalue weighted by Gasteiger charge is 2.54. The van der Waals surface area contributed by atoms with Crippen molar-refractivity contribution in [2.45, 2.75) is 31.3 Å². The quantitative estimate of drug-likeness (QED) is 0.682.